The van der Waals surface area contributed by atoms with Gasteiger partial charge < -0.3 is 18.9 Å². The Morgan fingerprint density at radius 1 is 0.763 bits per heavy atom. The molecular weight excluding hydrogens is 490 g/mol. The molecule has 0 spiro atoms. The van der Waals surface area contributed by atoms with Crippen molar-refractivity contribution in [3.63, 3.8) is 0 Å². The number of halogens is 2. The number of ether oxygens (including phenoxy) is 4. The summed E-state index contributed by atoms with van der Waals surface area (Å²) >= 11 is 0. The SMILES string of the molecule is CC(=O)C(F)(F)[C@@H]1O[C@H](COCc2ccccc2)[C@@H](OCc2ccccc2)[C@H](OCc2ccccc2)[C@H]1C. The number of Topliss-reactive ketones (excluding diaryl/α,β-unsaturated/α-hetero) is 1. The number of ketones is 1. The Kier molecular flexibility index (Phi) is 9.74. The molecule has 0 unspecified atom stereocenters. The molecule has 0 saturated carbocycles. The minimum atomic E-state index is -3.68. The molecule has 5 nitrogen and oxygen atoms in total. The largest absolute Gasteiger partial charge is 0.374 e. The van der Waals surface area contributed by atoms with Crippen molar-refractivity contribution in [2.45, 2.75) is 64.0 Å². The molecule has 1 aliphatic heterocycles. The van der Waals surface area contributed by atoms with Crippen LogP contribution in [0.5, 0.6) is 0 Å². The van der Waals surface area contributed by atoms with Crippen LogP contribution in [0.15, 0.2) is 91.0 Å². The molecule has 1 heterocycles. The number of carbonyl (C=O) groups excluding carboxylic acids is 1. The van der Waals surface area contributed by atoms with E-state index in [2.05, 4.69) is 0 Å². The average molecular weight is 525 g/mol. The average Bonchev–Trinajstić information content (AvgIpc) is 2.93. The van der Waals surface area contributed by atoms with Crippen LogP contribution >= 0.6 is 0 Å². The first-order valence-corrected chi connectivity index (χ1v) is 12.8. The molecule has 5 atom stereocenters. The van der Waals surface area contributed by atoms with Crippen molar-refractivity contribution in [1.82, 2.24) is 0 Å². The summed E-state index contributed by atoms with van der Waals surface area (Å²) in [5, 5.41) is 0. The molecule has 0 radical (unpaired) electrons. The molecular formula is C31H34F2O5. The fourth-order valence-corrected chi connectivity index (χ4v) is 4.67. The van der Waals surface area contributed by atoms with Crippen LogP contribution in [0.4, 0.5) is 8.78 Å². The number of carbonyl (C=O) groups is 1. The molecule has 3 aromatic carbocycles. The summed E-state index contributed by atoms with van der Waals surface area (Å²) in [6.07, 6.45) is -4.03. The summed E-state index contributed by atoms with van der Waals surface area (Å²) < 4.78 is 54.8. The van der Waals surface area contributed by atoms with E-state index in [1.165, 1.54) is 0 Å². The Labute approximate surface area is 222 Å². The van der Waals surface area contributed by atoms with Crippen LogP contribution in [0.3, 0.4) is 0 Å². The van der Waals surface area contributed by atoms with Crippen molar-refractivity contribution >= 4 is 5.78 Å². The second kappa shape index (κ2) is 13.2. The van der Waals surface area contributed by atoms with Crippen LogP contribution in [0, 0.1) is 5.92 Å². The maximum Gasteiger partial charge on any atom is 0.330 e. The van der Waals surface area contributed by atoms with Crippen molar-refractivity contribution in [2.24, 2.45) is 5.92 Å². The maximum atomic E-state index is 15.1. The number of alkyl halides is 2. The van der Waals surface area contributed by atoms with Crippen molar-refractivity contribution in [1.29, 1.82) is 0 Å². The minimum absolute atomic E-state index is 0.00322. The lowest BCUT2D eigenvalue weighted by Crippen LogP contribution is -2.62. The predicted molar refractivity (Wildman–Crippen MR) is 140 cm³/mol. The molecule has 0 aliphatic carbocycles. The van der Waals surface area contributed by atoms with E-state index in [0.29, 0.717) is 0 Å². The van der Waals surface area contributed by atoms with Crippen LogP contribution in [0.25, 0.3) is 0 Å². The van der Waals surface area contributed by atoms with Gasteiger partial charge in [-0.3, -0.25) is 4.79 Å². The Morgan fingerprint density at radius 2 is 1.21 bits per heavy atom. The molecule has 1 saturated heterocycles. The Hall–Kier alpha value is -2.97. The highest BCUT2D eigenvalue weighted by Crippen LogP contribution is 2.39. The summed E-state index contributed by atoms with van der Waals surface area (Å²) in [6, 6.07) is 28.6. The third-order valence-corrected chi connectivity index (χ3v) is 6.80. The van der Waals surface area contributed by atoms with E-state index in [1.54, 1.807) is 6.92 Å². The van der Waals surface area contributed by atoms with Gasteiger partial charge in [-0.05, 0) is 16.7 Å². The van der Waals surface area contributed by atoms with Gasteiger partial charge in [-0.15, -0.1) is 0 Å². The zero-order valence-corrected chi connectivity index (χ0v) is 21.7. The zero-order valence-electron chi connectivity index (χ0n) is 21.7. The van der Waals surface area contributed by atoms with E-state index >= 15 is 8.78 Å². The van der Waals surface area contributed by atoms with E-state index in [-0.39, 0.29) is 26.4 Å². The molecule has 4 rings (SSSR count). The third-order valence-electron chi connectivity index (χ3n) is 6.80. The van der Waals surface area contributed by atoms with Crippen LogP contribution in [-0.2, 0) is 43.6 Å². The summed E-state index contributed by atoms with van der Waals surface area (Å²) in [5.74, 6) is -5.76. The smallest absolute Gasteiger partial charge is 0.330 e. The Bertz CT molecular complexity index is 1130. The summed E-state index contributed by atoms with van der Waals surface area (Å²) in [6.45, 7) is 3.24. The van der Waals surface area contributed by atoms with E-state index in [4.69, 9.17) is 18.9 Å². The highest BCUT2D eigenvalue weighted by atomic mass is 19.3. The van der Waals surface area contributed by atoms with Gasteiger partial charge >= 0.3 is 5.92 Å². The van der Waals surface area contributed by atoms with Gasteiger partial charge in [-0.1, -0.05) is 97.9 Å². The summed E-state index contributed by atoms with van der Waals surface area (Å²) in [4.78, 5) is 12.0. The highest BCUT2D eigenvalue weighted by Gasteiger charge is 2.56. The van der Waals surface area contributed by atoms with E-state index in [1.807, 2.05) is 91.0 Å². The number of hydrogen-bond donors (Lipinski definition) is 0. The van der Waals surface area contributed by atoms with Gasteiger partial charge in [-0.25, -0.2) is 0 Å². The molecule has 1 aliphatic rings. The second-order valence-electron chi connectivity index (χ2n) is 9.66. The molecule has 0 aromatic heterocycles. The van der Waals surface area contributed by atoms with Crippen LogP contribution < -0.4 is 0 Å². The van der Waals surface area contributed by atoms with Gasteiger partial charge in [0.05, 0.1) is 32.5 Å². The zero-order chi connectivity index (χ0) is 27.0. The van der Waals surface area contributed by atoms with Gasteiger partial charge in [0.15, 0.2) is 0 Å². The van der Waals surface area contributed by atoms with Crippen molar-refractivity contribution in [3.8, 4) is 0 Å². The van der Waals surface area contributed by atoms with Gasteiger partial charge in [0.1, 0.15) is 18.3 Å². The third kappa shape index (κ3) is 7.11. The van der Waals surface area contributed by atoms with Crippen LogP contribution in [0.1, 0.15) is 30.5 Å². The standard InChI is InChI=1S/C31H34F2O5/c1-22-28(36-19-25-14-8-4-9-15-25)29(37-20-26-16-10-5-11-17-26)27(38-30(22)31(32,33)23(2)34)21-35-18-24-12-6-3-7-13-24/h3-17,22,27-30H,18-21H2,1-2H3/t22-,27-,28-,29-,30-/m1/s1. The van der Waals surface area contributed by atoms with E-state index in [0.717, 1.165) is 23.6 Å². The molecule has 7 heteroatoms. The molecule has 202 valence electrons. The first-order valence-electron chi connectivity index (χ1n) is 12.8. The number of benzene rings is 3. The minimum Gasteiger partial charge on any atom is -0.374 e. The van der Waals surface area contributed by atoms with Crippen molar-refractivity contribution in [2.75, 3.05) is 6.61 Å². The molecule has 1 fully saturated rings. The van der Waals surface area contributed by atoms with Gasteiger partial charge in [0.25, 0.3) is 0 Å². The second-order valence-corrected chi connectivity index (χ2v) is 9.66. The van der Waals surface area contributed by atoms with Gasteiger partial charge in [0.2, 0.25) is 5.78 Å². The quantitative estimate of drug-likeness (QED) is 0.291. The first kappa shape index (κ1) is 28.0. The maximum absolute atomic E-state index is 15.1. The molecule has 38 heavy (non-hydrogen) atoms. The van der Waals surface area contributed by atoms with Gasteiger partial charge in [-0.2, -0.15) is 8.78 Å². The Balaban J connectivity index is 1.59. The van der Waals surface area contributed by atoms with Crippen LogP contribution in [-0.4, -0.2) is 42.7 Å². The number of rotatable bonds is 12. The van der Waals surface area contributed by atoms with Crippen LogP contribution in [0.2, 0.25) is 0 Å². The molecule has 3 aromatic rings. The summed E-state index contributed by atoms with van der Waals surface area (Å²) in [7, 11) is 0. The fourth-order valence-electron chi connectivity index (χ4n) is 4.67. The lowest BCUT2D eigenvalue weighted by atomic mass is 9.84. The first-order chi connectivity index (χ1) is 18.4. The molecule has 0 amide bonds. The molecule has 0 N–H and O–H groups in total. The van der Waals surface area contributed by atoms with Gasteiger partial charge in [0, 0.05) is 12.8 Å². The van der Waals surface area contributed by atoms with Crippen molar-refractivity contribution in [3.05, 3.63) is 108 Å². The molecule has 0 bridgehead atoms. The van der Waals surface area contributed by atoms with E-state index in [9.17, 15) is 4.79 Å². The predicted octanol–water partition coefficient (Wildman–Crippen LogP) is 6.00. The van der Waals surface area contributed by atoms with E-state index < -0.39 is 42.0 Å². The Morgan fingerprint density at radius 3 is 1.68 bits per heavy atom. The normalized spacial score (nSPS) is 23.7. The monoisotopic (exact) mass is 524 g/mol. The highest BCUT2D eigenvalue weighted by molar-refractivity contribution is 5.83. The fraction of sp³-hybridized carbons (Fsp3) is 0.387. The summed E-state index contributed by atoms with van der Waals surface area (Å²) in [5.41, 5.74) is 2.78. The lowest BCUT2D eigenvalue weighted by Gasteiger charge is -2.47. The topological polar surface area (TPSA) is 54.0 Å². The number of hydrogen-bond acceptors (Lipinski definition) is 5. The van der Waals surface area contributed by atoms with Crippen molar-refractivity contribution < 1.29 is 32.5 Å². The lowest BCUT2D eigenvalue weighted by molar-refractivity contribution is -0.277.